The van der Waals surface area contributed by atoms with E-state index < -0.39 is 0 Å². The summed E-state index contributed by atoms with van der Waals surface area (Å²) in [5.41, 5.74) is 9.22. The molecule has 3 nitrogen and oxygen atoms in total. The van der Waals surface area contributed by atoms with Crippen LogP contribution in [0.3, 0.4) is 0 Å². The number of oxazole rings is 1. The monoisotopic (exact) mass is 262 g/mol. The van der Waals surface area contributed by atoms with Crippen LogP contribution in [0.2, 0.25) is 0 Å². The van der Waals surface area contributed by atoms with E-state index in [-0.39, 0.29) is 6.04 Å². The van der Waals surface area contributed by atoms with Crippen molar-refractivity contribution in [2.75, 3.05) is 0 Å². The van der Waals surface area contributed by atoms with E-state index in [4.69, 9.17) is 10.2 Å². The molecule has 18 heavy (non-hydrogen) atoms. The molecule has 1 unspecified atom stereocenters. The molecule has 0 bridgehead atoms. The highest BCUT2D eigenvalue weighted by atomic mass is 32.2. The Hall–Kier alpha value is -1.26. The molecule has 0 aliphatic heterocycles. The Bertz CT molecular complexity index is 534. The Morgan fingerprint density at radius 3 is 2.72 bits per heavy atom. The summed E-state index contributed by atoms with van der Waals surface area (Å²) in [6.07, 6.45) is 2.58. The van der Waals surface area contributed by atoms with Crippen LogP contribution >= 0.6 is 11.8 Å². The fourth-order valence-corrected chi connectivity index (χ4v) is 2.63. The summed E-state index contributed by atoms with van der Waals surface area (Å²) >= 11 is 1.55. The zero-order valence-electron chi connectivity index (χ0n) is 10.9. The predicted octanol–water partition coefficient (Wildman–Crippen LogP) is 3.33. The predicted molar refractivity (Wildman–Crippen MR) is 73.9 cm³/mol. The van der Waals surface area contributed by atoms with Gasteiger partial charge in [0.05, 0.1) is 5.69 Å². The molecule has 2 rings (SSSR count). The zero-order chi connectivity index (χ0) is 13.1. The largest absolute Gasteiger partial charge is 0.439 e. The van der Waals surface area contributed by atoms with Gasteiger partial charge >= 0.3 is 0 Å². The van der Waals surface area contributed by atoms with Crippen molar-refractivity contribution in [2.45, 2.75) is 43.4 Å². The topological polar surface area (TPSA) is 52.0 Å². The summed E-state index contributed by atoms with van der Waals surface area (Å²) < 4.78 is 5.35. The fraction of sp³-hybridized carbons (Fsp3) is 0.357. The van der Waals surface area contributed by atoms with Crippen molar-refractivity contribution in [3.63, 3.8) is 0 Å². The third-order valence-corrected chi connectivity index (χ3v) is 3.63. The second kappa shape index (κ2) is 5.59. The molecular weight excluding hydrogens is 244 g/mol. The number of aryl methyl sites for hydroxylation is 2. The number of hydrogen-bond acceptors (Lipinski definition) is 4. The van der Waals surface area contributed by atoms with Crippen molar-refractivity contribution in [3.05, 3.63) is 41.3 Å². The highest BCUT2D eigenvalue weighted by Gasteiger charge is 2.07. The van der Waals surface area contributed by atoms with Crippen molar-refractivity contribution in [1.29, 1.82) is 0 Å². The van der Waals surface area contributed by atoms with Crippen LogP contribution in [0.5, 0.6) is 0 Å². The molecule has 0 amide bonds. The van der Waals surface area contributed by atoms with Crippen LogP contribution in [0.4, 0.5) is 0 Å². The van der Waals surface area contributed by atoms with Gasteiger partial charge in [0.2, 0.25) is 0 Å². The average Bonchev–Trinajstić information content (AvgIpc) is 2.67. The fourth-order valence-electron chi connectivity index (χ4n) is 1.80. The van der Waals surface area contributed by atoms with Gasteiger partial charge in [-0.15, -0.1) is 0 Å². The second-order valence-electron chi connectivity index (χ2n) is 4.64. The molecule has 0 radical (unpaired) electrons. The van der Waals surface area contributed by atoms with Gasteiger partial charge in [-0.2, -0.15) is 0 Å². The van der Waals surface area contributed by atoms with E-state index in [1.54, 1.807) is 18.0 Å². The summed E-state index contributed by atoms with van der Waals surface area (Å²) in [6, 6.07) is 6.60. The van der Waals surface area contributed by atoms with E-state index in [0.717, 1.165) is 12.1 Å². The minimum absolute atomic E-state index is 0.192. The van der Waals surface area contributed by atoms with Crippen molar-refractivity contribution < 1.29 is 4.42 Å². The van der Waals surface area contributed by atoms with Gasteiger partial charge in [0, 0.05) is 10.9 Å². The van der Waals surface area contributed by atoms with Crippen molar-refractivity contribution in [3.8, 4) is 0 Å². The average molecular weight is 262 g/mol. The molecule has 4 heteroatoms. The third-order valence-electron chi connectivity index (χ3n) is 2.59. The van der Waals surface area contributed by atoms with Crippen LogP contribution in [0.25, 0.3) is 0 Å². The maximum absolute atomic E-state index is 5.81. The van der Waals surface area contributed by atoms with Gasteiger partial charge in [-0.3, -0.25) is 0 Å². The first kappa shape index (κ1) is 13.2. The Labute approximate surface area is 112 Å². The van der Waals surface area contributed by atoms with E-state index >= 15 is 0 Å². The Kier molecular flexibility index (Phi) is 4.09. The lowest BCUT2D eigenvalue weighted by Gasteiger charge is -2.08. The molecule has 2 aromatic rings. The SMILES string of the molecule is Cc1coc(Sc2ccc(CC(C)N)cc2C)n1. The van der Waals surface area contributed by atoms with Crippen LogP contribution in [-0.4, -0.2) is 11.0 Å². The highest BCUT2D eigenvalue weighted by molar-refractivity contribution is 7.99. The molecule has 0 fully saturated rings. The summed E-state index contributed by atoms with van der Waals surface area (Å²) in [6.45, 7) is 6.04. The number of benzene rings is 1. The first-order valence-corrected chi connectivity index (χ1v) is 6.81. The lowest BCUT2D eigenvalue weighted by Crippen LogP contribution is -2.17. The van der Waals surface area contributed by atoms with Crippen LogP contribution in [-0.2, 0) is 6.42 Å². The van der Waals surface area contributed by atoms with E-state index in [1.807, 2.05) is 13.8 Å². The maximum Gasteiger partial charge on any atom is 0.260 e. The van der Waals surface area contributed by atoms with Gasteiger partial charge in [-0.25, -0.2) is 4.98 Å². The molecule has 0 saturated carbocycles. The number of nitrogens with two attached hydrogens (primary N) is 1. The van der Waals surface area contributed by atoms with Crippen molar-refractivity contribution in [1.82, 2.24) is 4.98 Å². The van der Waals surface area contributed by atoms with E-state index in [9.17, 15) is 0 Å². The van der Waals surface area contributed by atoms with Crippen LogP contribution in [0, 0.1) is 13.8 Å². The van der Waals surface area contributed by atoms with Gasteiger partial charge in [0.15, 0.2) is 0 Å². The maximum atomic E-state index is 5.81. The molecule has 0 aliphatic carbocycles. The number of rotatable bonds is 4. The summed E-state index contributed by atoms with van der Waals surface area (Å²) in [5.74, 6) is 0. The number of nitrogens with zero attached hydrogens (tertiary/aromatic N) is 1. The minimum Gasteiger partial charge on any atom is -0.439 e. The Balaban J connectivity index is 2.14. The van der Waals surface area contributed by atoms with E-state index in [1.165, 1.54) is 16.0 Å². The van der Waals surface area contributed by atoms with Crippen molar-refractivity contribution in [2.24, 2.45) is 5.73 Å². The summed E-state index contributed by atoms with van der Waals surface area (Å²) in [5, 5.41) is 0.690. The molecule has 96 valence electrons. The van der Waals surface area contributed by atoms with E-state index in [2.05, 4.69) is 30.1 Å². The van der Waals surface area contributed by atoms with Crippen LogP contribution < -0.4 is 5.73 Å². The van der Waals surface area contributed by atoms with E-state index in [0.29, 0.717) is 5.22 Å². The minimum atomic E-state index is 0.192. The normalized spacial score (nSPS) is 12.7. The quantitative estimate of drug-likeness (QED) is 0.918. The van der Waals surface area contributed by atoms with Crippen LogP contribution in [0.15, 0.2) is 39.0 Å². The first-order valence-electron chi connectivity index (χ1n) is 5.99. The molecule has 1 aromatic carbocycles. The molecule has 1 heterocycles. The van der Waals surface area contributed by atoms with Crippen LogP contribution in [0.1, 0.15) is 23.7 Å². The van der Waals surface area contributed by atoms with Crippen molar-refractivity contribution >= 4 is 11.8 Å². The number of aromatic nitrogens is 1. The molecule has 2 N–H and O–H groups in total. The van der Waals surface area contributed by atoms with Gasteiger partial charge < -0.3 is 10.2 Å². The lowest BCUT2D eigenvalue weighted by molar-refractivity contribution is 0.454. The van der Waals surface area contributed by atoms with Gasteiger partial charge in [-0.05, 0) is 56.1 Å². The Morgan fingerprint density at radius 1 is 1.39 bits per heavy atom. The molecule has 1 atom stereocenters. The van der Waals surface area contributed by atoms with Gasteiger partial charge in [-0.1, -0.05) is 12.1 Å². The third kappa shape index (κ3) is 3.37. The van der Waals surface area contributed by atoms with Gasteiger partial charge in [0.25, 0.3) is 5.22 Å². The first-order chi connectivity index (χ1) is 8.54. The highest BCUT2D eigenvalue weighted by Crippen LogP contribution is 2.30. The van der Waals surface area contributed by atoms with Gasteiger partial charge in [0.1, 0.15) is 6.26 Å². The Morgan fingerprint density at radius 2 is 2.17 bits per heavy atom. The molecule has 0 spiro atoms. The molecule has 1 aromatic heterocycles. The summed E-state index contributed by atoms with van der Waals surface area (Å²) in [7, 11) is 0. The number of hydrogen-bond donors (Lipinski definition) is 1. The summed E-state index contributed by atoms with van der Waals surface area (Å²) in [4.78, 5) is 5.47. The lowest BCUT2D eigenvalue weighted by atomic mass is 10.1. The second-order valence-corrected chi connectivity index (χ2v) is 5.63. The zero-order valence-corrected chi connectivity index (χ0v) is 11.8. The molecule has 0 aliphatic rings. The molecular formula is C14H18N2OS. The molecule has 0 saturated heterocycles. The standard InChI is InChI=1S/C14H18N2OS/c1-9-6-12(7-10(2)15)4-5-13(9)18-14-16-11(3)8-17-14/h4-6,8,10H,7,15H2,1-3H3. The smallest absolute Gasteiger partial charge is 0.260 e.